The average molecular weight is 823 g/mol. The van der Waals surface area contributed by atoms with Crippen molar-refractivity contribution in [1.29, 1.82) is 0 Å². The van der Waals surface area contributed by atoms with Crippen LogP contribution in [0.5, 0.6) is 0 Å². The quantitative estimate of drug-likeness (QED) is 0.0264. The van der Waals surface area contributed by atoms with Crippen molar-refractivity contribution in [2.45, 2.75) is 232 Å². The van der Waals surface area contributed by atoms with E-state index in [0.29, 0.717) is 19.3 Å². The molecule has 0 fully saturated rings. The second-order valence-electron chi connectivity index (χ2n) is 16.0. The predicted molar refractivity (Wildman–Crippen MR) is 251 cm³/mol. The molecule has 0 amide bonds. The van der Waals surface area contributed by atoms with Crippen LogP contribution in [0.25, 0.3) is 0 Å². The topological polar surface area (TPSA) is 78.9 Å². The molecule has 6 nitrogen and oxygen atoms in total. The largest absolute Gasteiger partial charge is 0.462 e. The van der Waals surface area contributed by atoms with E-state index in [9.17, 15) is 14.4 Å². The zero-order chi connectivity index (χ0) is 43.0. The van der Waals surface area contributed by atoms with Gasteiger partial charge in [0.25, 0.3) is 0 Å². The van der Waals surface area contributed by atoms with E-state index in [1.165, 1.54) is 64.2 Å². The lowest BCUT2D eigenvalue weighted by atomic mass is 10.0. The molecule has 0 heterocycles. The van der Waals surface area contributed by atoms with Crippen molar-refractivity contribution in [2.75, 3.05) is 13.2 Å². The van der Waals surface area contributed by atoms with Gasteiger partial charge in [-0.05, 0) is 83.5 Å². The molecular formula is C53H90O6. The molecule has 1 atom stereocenters. The normalized spacial score (nSPS) is 12.7. The van der Waals surface area contributed by atoms with Crippen LogP contribution in [0.4, 0.5) is 0 Å². The van der Waals surface area contributed by atoms with Gasteiger partial charge in [-0.25, -0.2) is 0 Å². The highest BCUT2D eigenvalue weighted by atomic mass is 16.6. The fourth-order valence-corrected chi connectivity index (χ4v) is 6.59. The van der Waals surface area contributed by atoms with Gasteiger partial charge >= 0.3 is 17.9 Å². The molecule has 0 radical (unpaired) electrons. The third-order valence-corrected chi connectivity index (χ3v) is 10.2. The SMILES string of the molecule is CC/C=C\C/C=C\C/C=C\CCCCCCC(=O)OCC(COC(=O)CCCCCCCCCCCCCCC)OC(=O)CCCCCC/C=C\C/C=C\C/C=C\CC. The summed E-state index contributed by atoms with van der Waals surface area (Å²) < 4.78 is 16.7. The maximum absolute atomic E-state index is 12.8. The van der Waals surface area contributed by atoms with E-state index in [2.05, 4.69) is 93.7 Å². The number of carbonyl (C=O) groups is 3. The van der Waals surface area contributed by atoms with Crippen LogP contribution in [0.3, 0.4) is 0 Å². The van der Waals surface area contributed by atoms with E-state index in [1.54, 1.807) is 0 Å². The Morgan fingerprint density at radius 3 is 1.03 bits per heavy atom. The Hall–Kier alpha value is -3.15. The van der Waals surface area contributed by atoms with Crippen molar-refractivity contribution in [2.24, 2.45) is 0 Å². The van der Waals surface area contributed by atoms with Crippen LogP contribution in [-0.2, 0) is 28.6 Å². The fourth-order valence-electron chi connectivity index (χ4n) is 6.59. The summed E-state index contributed by atoms with van der Waals surface area (Å²) in [6.45, 7) is 6.37. The molecule has 0 aliphatic carbocycles. The van der Waals surface area contributed by atoms with Crippen LogP contribution in [0.15, 0.2) is 72.9 Å². The lowest BCUT2D eigenvalue weighted by molar-refractivity contribution is -0.167. The molecule has 0 N–H and O–H groups in total. The minimum atomic E-state index is -0.793. The van der Waals surface area contributed by atoms with E-state index >= 15 is 0 Å². The minimum absolute atomic E-state index is 0.0908. The van der Waals surface area contributed by atoms with E-state index in [0.717, 1.165) is 122 Å². The van der Waals surface area contributed by atoms with Gasteiger partial charge < -0.3 is 14.2 Å². The molecule has 0 saturated carbocycles. The monoisotopic (exact) mass is 823 g/mol. The highest BCUT2D eigenvalue weighted by Gasteiger charge is 2.19. The van der Waals surface area contributed by atoms with Crippen LogP contribution in [0.2, 0.25) is 0 Å². The van der Waals surface area contributed by atoms with Crippen molar-refractivity contribution in [3.63, 3.8) is 0 Å². The lowest BCUT2D eigenvalue weighted by Crippen LogP contribution is -2.30. The molecule has 0 bridgehead atoms. The number of carbonyl (C=O) groups excluding carboxylic acids is 3. The molecule has 0 saturated heterocycles. The molecule has 0 rings (SSSR count). The third-order valence-electron chi connectivity index (χ3n) is 10.2. The zero-order valence-electron chi connectivity index (χ0n) is 38.5. The van der Waals surface area contributed by atoms with E-state index in [4.69, 9.17) is 14.2 Å². The van der Waals surface area contributed by atoms with Gasteiger partial charge in [-0.1, -0.05) is 196 Å². The summed E-state index contributed by atoms with van der Waals surface area (Å²) in [5.74, 6) is -0.937. The standard InChI is InChI=1S/C53H90O6/c1-4-7-10-13-16-19-22-25-28-31-34-37-40-43-46-52(55)58-49-50(48-57-51(54)45-42-39-36-33-30-27-24-21-18-15-12-9-6-3)59-53(56)47-44-41-38-35-32-29-26-23-20-17-14-11-8-5-2/h7-8,10-11,16-17,19-20,25-26,28-29,50H,4-6,9,12-15,18,21-24,27,30-49H2,1-3H3/b10-7-,11-8-,19-16-,20-17-,28-25-,29-26-. The summed E-state index contributed by atoms with van der Waals surface area (Å²) in [5, 5.41) is 0. The van der Waals surface area contributed by atoms with Gasteiger partial charge in [0.1, 0.15) is 13.2 Å². The summed E-state index contributed by atoms with van der Waals surface area (Å²) in [6.07, 6.45) is 58.8. The molecule has 0 aromatic rings. The zero-order valence-corrected chi connectivity index (χ0v) is 38.5. The number of unbranched alkanes of at least 4 members (excludes halogenated alkanes) is 20. The minimum Gasteiger partial charge on any atom is -0.462 e. The highest BCUT2D eigenvalue weighted by Crippen LogP contribution is 2.14. The molecule has 0 aliphatic heterocycles. The van der Waals surface area contributed by atoms with Crippen molar-refractivity contribution < 1.29 is 28.6 Å². The average Bonchev–Trinajstić information content (AvgIpc) is 3.23. The molecule has 1 unspecified atom stereocenters. The molecule has 0 aromatic heterocycles. The second-order valence-corrected chi connectivity index (χ2v) is 16.0. The number of hydrogen-bond acceptors (Lipinski definition) is 6. The van der Waals surface area contributed by atoms with Gasteiger partial charge in [-0.2, -0.15) is 0 Å². The van der Waals surface area contributed by atoms with E-state index < -0.39 is 6.10 Å². The molecule has 0 spiro atoms. The van der Waals surface area contributed by atoms with Gasteiger partial charge in [0.2, 0.25) is 0 Å². The van der Waals surface area contributed by atoms with E-state index in [-0.39, 0.29) is 31.1 Å². The van der Waals surface area contributed by atoms with Crippen molar-refractivity contribution in [1.82, 2.24) is 0 Å². The molecular weight excluding hydrogens is 733 g/mol. The van der Waals surface area contributed by atoms with Crippen LogP contribution in [0, 0.1) is 0 Å². The van der Waals surface area contributed by atoms with Gasteiger partial charge in [0.15, 0.2) is 6.10 Å². The predicted octanol–water partition coefficient (Wildman–Crippen LogP) is 15.9. The Kier molecular flexibility index (Phi) is 45.0. The van der Waals surface area contributed by atoms with Crippen LogP contribution in [0.1, 0.15) is 226 Å². The summed E-state index contributed by atoms with van der Waals surface area (Å²) in [5.41, 5.74) is 0. The van der Waals surface area contributed by atoms with Gasteiger partial charge in [0, 0.05) is 19.3 Å². The third kappa shape index (κ3) is 45.8. The summed E-state index contributed by atoms with van der Waals surface area (Å²) in [7, 11) is 0. The first-order valence-corrected chi connectivity index (χ1v) is 24.4. The van der Waals surface area contributed by atoms with Crippen molar-refractivity contribution in [3.05, 3.63) is 72.9 Å². The Morgan fingerprint density at radius 2 is 0.661 bits per heavy atom. The Labute approximate surface area is 363 Å². The van der Waals surface area contributed by atoms with Crippen molar-refractivity contribution in [3.8, 4) is 0 Å². The van der Waals surface area contributed by atoms with E-state index in [1.807, 2.05) is 0 Å². The number of esters is 3. The van der Waals surface area contributed by atoms with Gasteiger partial charge in [-0.3, -0.25) is 14.4 Å². The van der Waals surface area contributed by atoms with Gasteiger partial charge in [-0.15, -0.1) is 0 Å². The number of allylic oxidation sites excluding steroid dienone is 12. The Balaban J connectivity index is 4.45. The number of hydrogen-bond donors (Lipinski definition) is 0. The number of ether oxygens (including phenoxy) is 3. The molecule has 338 valence electrons. The summed E-state index contributed by atoms with van der Waals surface area (Å²) in [6, 6.07) is 0. The Bertz CT molecular complexity index is 1130. The maximum Gasteiger partial charge on any atom is 0.306 e. The molecule has 0 aliphatic rings. The Morgan fingerprint density at radius 1 is 0.356 bits per heavy atom. The molecule has 0 aromatic carbocycles. The summed E-state index contributed by atoms with van der Waals surface area (Å²) in [4.78, 5) is 37.9. The summed E-state index contributed by atoms with van der Waals surface area (Å²) >= 11 is 0. The lowest BCUT2D eigenvalue weighted by Gasteiger charge is -2.18. The van der Waals surface area contributed by atoms with Crippen LogP contribution >= 0.6 is 0 Å². The van der Waals surface area contributed by atoms with Crippen LogP contribution < -0.4 is 0 Å². The molecule has 6 heteroatoms. The van der Waals surface area contributed by atoms with Gasteiger partial charge in [0.05, 0.1) is 0 Å². The maximum atomic E-state index is 12.8. The first-order chi connectivity index (χ1) is 29.0. The highest BCUT2D eigenvalue weighted by molar-refractivity contribution is 5.71. The number of rotatable bonds is 43. The van der Waals surface area contributed by atoms with Crippen molar-refractivity contribution >= 4 is 17.9 Å². The molecule has 59 heavy (non-hydrogen) atoms. The first kappa shape index (κ1) is 55.9. The second kappa shape index (κ2) is 47.5. The first-order valence-electron chi connectivity index (χ1n) is 24.4. The van der Waals surface area contributed by atoms with Crippen LogP contribution in [-0.4, -0.2) is 37.2 Å². The fraction of sp³-hybridized carbons (Fsp3) is 0.717. The smallest absolute Gasteiger partial charge is 0.306 e.